The third-order valence-electron chi connectivity index (χ3n) is 3.06. The maximum Gasteiger partial charge on any atom is 0.238 e. The molecule has 0 bridgehead atoms. The van der Waals surface area contributed by atoms with Crippen molar-refractivity contribution in [2.75, 3.05) is 18.9 Å². The van der Waals surface area contributed by atoms with Gasteiger partial charge in [0, 0.05) is 18.2 Å². The van der Waals surface area contributed by atoms with Crippen LogP contribution >= 0.6 is 12.2 Å². The molecule has 0 radical (unpaired) electrons. The SMILES string of the molecule is Cc1ccccc1NC(=O)CN(C)C(C)CC(N)=S. The summed E-state index contributed by atoms with van der Waals surface area (Å²) in [7, 11) is 1.89. The smallest absolute Gasteiger partial charge is 0.238 e. The van der Waals surface area contributed by atoms with Crippen molar-refractivity contribution in [1.82, 2.24) is 4.90 Å². The Hall–Kier alpha value is -1.46. The van der Waals surface area contributed by atoms with Crippen LogP contribution in [0.25, 0.3) is 0 Å². The zero-order valence-electron chi connectivity index (χ0n) is 11.6. The van der Waals surface area contributed by atoms with Gasteiger partial charge in [-0.1, -0.05) is 30.4 Å². The Balaban J connectivity index is 2.51. The number of nitrogens with zero attached hydrogens (tertiary/aromatic N) is 1. The van der Waals surface area contributed by atoms with Gasteiger partial charge in [-0.3, -0.25) is 9.69 Å². The molecule has 0 saturated heterocycles. The number of anilines is 1. The highest BCUT2D eigenvalue weighted by Crippen LogP contribution is 2.13. The summed E-state index contributed by atoms with van der Waals surface area (Å²) < 4.78 is 0. The molecule has 0 saturated carbocycles. The summed E-state index contributed by atoms with van der Waals surface area (Å²) in [5, 5.41) is 2.90. The summed E-state index contributed by atoms with van der Waals surface area (Å²) in [5.41, 5.74) is 7.41. The molecule has 0 aliphatic heterocycles. The predicted octanol–water partition coefficient (Wildman–Crippen LogP) is 1.93. The second-order valence-corrected chi connectivity index (χ2v) is 5.32. The molecule has 1 aromatic rings. The summed E-state index contributed by atoms with van der Waals surface area (Å²) in [6, 6.07) is 7.86. The topological polar surface area (TPSA) is 58.4 Å². The Labute approximate surface area is 120 Å². The van der Waals surface area contributed by atoms with Gasteiger partial charge in [-0.15, -0.1) is 0 Å². The average molecular weight is 279 g/mol. The molecule has 1 amide bonds. The Morgan fingerprint density at radius 3 is 2.68 bits per heavy atom. The third-order valence-corrected chi connectivity index (χ3v) is 3.23. The number of para-hydroxylation sites is 1. The van der Waals surface area contributed by atoms with Crippen LogP contribution in [0.3, 0.4) is 0 Å². The number of nitrogens with one attached hydrogen (secondary N) is 1. The van der Waals surface area contributed by atoms with E-state index in [2.05, 4.69) is 5.32 Å². The highest BCUT2D eigenvalue weighted by molar-refractivity contribution is 7.80. The van der Waals surface area contributed by atoms with Crippen molar-refractivity contribution in [3.63, 3.8) is 0 Å². The lowest BCUT2D eigenvalue weighted by molar-refractivity contribution is -0.117. The molecule has 19 heavy (non-hydrogen) atoms. The highest BCUT2D eigenvalue weighted by Gasteiger charge is 2.14. The number of benzene rings is 1. The standard InChI is InChI=1S/C14H21N3OS/c1-10-6-4-5-7-12(10)16-14(18)9-17(3)11(2)8-13(15)19/h4-7,11H,8-9H2,1-3H3,(H2,15,19)(H,16,18). The largest absolute Gasteiger partial charge is 0.393 e. The van der Waals surface area contributed by atoms with Crippen LogP contribution in [-0.2, 0) is 4.79 Å². The van der Waals surface area contributed by atoms with Gasteiger partial charge < -0.3 is 11.1 Å². The molecule has 0 spiro atoms. The number of hydrogen-bond donors (Lipinski definition) is 2. The fraction of sp³-hybridized carbons (Fsp3) is 0.429. The molecule has 1 rings (SSSR count). The average Bonchev–Trinajstić information content (AvgIpc) is 2.31. The van der Waals surface area contributed by atoms with Gasteiger partial charge in [0.15, 0.2) is 0 Å². The van der Waals surface area contributed by atoms with Crippen molar-refractivity contribution in [2.45, 2.75) is 26.3 Å². The number of carbonyl (C=O) groups is 1. The number of amides is 1. The number of nitrogens with two attached hydrogens (primary N) is 1. The van der Waals surface area contributed by atoms with E-state index in [0.29, 0.717) is 18.0 Å². The third kappa shape index (κ3) is 5.36. The summed E-state index contributed by atoms with van der Waals surface area (Å²) in [5.74, 6) is -0.0356. The van der Waals surface area contributed by atoms with E-state index in [1.165, 1.54) is 0 Å². The van der Waals surface area contributed by atoms with Crippen molar-refractivity contribution in [1.29, 1.82) is 0 Å². The van der Waals surface area contributed by atoms with Crippen molar-refractivity contribution >= 4 is 28.8 Å². The number of thiocarbonyl (C=S) groups is 1. The zero-order chi connectivity index (χ0) is 14.4. The normalized spacial score (nSPS) is 12.2. The number of likely N-dealkylation sites (N-methyl/N-ethyl adjacent to an activating group) is 1. The first kappa shape index (κ1) is 15.6. The van der Waals surface area contributed by atoms with Crippen LogP contribution in [0.15, 0.2) is 24.3 Å². The van der Waals surface area contributed by atoms with E-state index in [1.54, 1.807) is 0 Å². The minimum atomic E-state index is -0.0356. The Morgan fingerprint density at radius 2 is 2.11 bits per heavy atom. The first-order valence-corrected chi connectivity index (χ1v) is 6.65. The highest BCUT2D eigenvalue weighted by atomic mass is 32.1. The van der Waals surface area contributed by atoms with Crippen LogP contribution in [0.4, 0.5) is 5.69 Å². The van der Waals surface area contributed by atoms with Gasteiger partial charge in [0.25, 0.3) is 0 Å². The van der Waals surface area contributed by atoms with Gasteiger partial charge >= 0.3 is 0 Å². The van der Waals surface area contributed by atoms with E-state index in [1.807, 2.05) is 50.1 Å². The van der Waals surface area contributed by atoms with E-state index in [4.69, 9.17) is 18.0 Å². The molecule has 5 heteroatoms. The molecular formula is C14H21N3OS. The van der Waals surface area contributed by atoms with Gasteiger partial charge in [0.1, 0.15) is 0 Å². The van der Waals surface area contributed by atoms with E-state index < -0.39 is 0 Å². The van der Waals surface area contributed by atoms with Gasteiger partial charge in [-0.25, -0.2) is 0 Å². The number of rotatable bonds is 6. The fourth-order valence-electron chi connectivity index (χ4n) is 1.73. The van der Waals surface area contributed by atoms with Crippen LogP contribution < -0.4 is 11.1 Å². The summed E-state index contributed by atoms with van der Waals surface area (Å²) in [6.07, 6.45) is 0.615. The maximum absolute atomic E-state index is 11.9. The molecule has 0 aromatic heterocycles. The monoisotopic (exact) mass is 279 g/mol. The molecule has 0 aliphatic carbocycles. The van der Waals surface area contributed by atoms with Crippen LogP contribution in [0.2, 0.25) is 0 Å². The Kier molecular flexibility index (Phi) is 5.92. The zero-order valence-corrected chi connectivity index (χ0v) is 12.5. The van der Waals surface area contributed by atoms with Crippen LogP contribution in [0, 0.1) is 6.92 Å². The molecule has 4 nitrogen and oxygen atoms in total. The van der Waals surface area contributed by atoms with Gasteiger partial charge in [-0.05, 0) is 32.5 Å². The minimum absolute atomic E-state index is 0.0356. The lowest BCUT2D eigenvalue weighted by atomic mass is 10.2. The lowest BCUT2D eigenvalue weighted by Gasteiger charge is -2.23. The quantitative estimate of drug-likeness (QED) is 0.781. The second kappa shape index (κ2) is 7.21. The fourth-order valence-corrected chi connectivity index (χ4v) is 1.97. The molecule has 104 valence electrons. The summed E-state index contributed by atoms with van der Waals surface area (Å²) in [6.45, 7) is 4.28. The van der Waals surface area contributed by atoms with E-state index >= 15 is 0 Å². The van der Waals surface area contributed by atoms with Crippen LogP contribution in [-0.4, -0.2) is 35.4 Å². The molecule has 1 aromatic carbocycles. The predicted molar refractivity (Wildman–Crippen MR) is 83.3 cm³/mol. The molecule has 0 fully saturated rings. The first-order chi connectivity index (χ1) is 8.90. The number of aryl methyl sites for hydroxylation is 1. The summed E-state index contributed by atoms with van der Waals surface area (Å²) in [4.78, 5) is 14.4. The van der Waals surface area contributed by atoms with Crippen molar-refractivity contribution in [3.05, 3.63) is 29.8 Å². The van der Waals surface area contributed by atoms with Crippen LogP contribution in [0.5, 0.6) is 0 Å². The van der Waals surface area contributed by atoms with Gasteiger partial charge in [0.05, 0.1) is 11.5 Å². The Morgan fingerprint density at radius 1 is 1.47 bits per heavy atom. The maximum atomic E-state index is 11.9. The second-order valence-electron chi connectivity index (χ2n) is 4.80. The van der Waals surface area contributed by atoms with Gasteiger partial charge in [-0.2, -0.15) is 0 Å². The van der Waals surface area contributed by atoms with E-state index in [-0.39, 0.29) is 11.9 Å². The summed E-state index contributed by atoms with van der Waals surface area (Å²) >= 11 is 4.88. The number of carbonyl (C=O) groups excluding carboxylic acids is 1. The lowest BCUT2D eigenvalue weighted by Crippen LogP contribution is -2.38. The van der Waals surface area contributed by atoms with Crippen molar-refractivity contribution in [3.8, 4) is 0 Å². The molecule has 3 N–H and O–H groups in total. The number of hydrogen-bond acceptors (Lipinski definition) is 3. The first-order valence-electron chi connectivity index (χ1n) is 6.24. The minimum Gasteiger partial charge on any atom is -0.393 e. The van der Waals surface area contributed by atoms with E-state index in [9.17, 15) is 4.79 Å². The molecule has 0 aliphatic rings. The molecular weight excluding hydrogens is 258 g/mol. The molecule has 1 atom stereocenters. The Bertz CT molecular complexity index is 462. The van der Waals surface area contributed by atoms with Crippen molar-refractivity contribution in [2.24, 2.45) is 5.73 Å². The molecule has 0 heterocycles. The van der Waals surface area contributed by atoms with E-state index in [0.717, 1.165) is 11.3 Å². The van der Waals surface area contributed by atoms with Crippen LogP contribution in [0.1, 0.15) is 18.9 Å². The van der Waals surface area contributed by atoms with Gasteiger partial charge in [0.2, 0.25) is 5.91 Å². The molecule has 1 unspecified atom stereocenters. The van der Waals surface area contributed by atoms with Crippen molar-refractivity contribution < 1.29 is 4.79 Å².